The predicted octanol–water partition coefficient (Wildman–Crippen LogP) is 1.32. The fourth-order valence-corrected chi connectivity index (χ4v) is 2.83. The quantitative estimate of drug-likeness (QED) is 0.895. The lowest BCUT2D eigenvalue weighted by Gasteiger charge is -2.32. The molecule has 2 aromatic rings. The van der Waals surface area contributed by atoms with Crippen LogP contribution in [0.3, 0.4) is 0 Å². The zero-order valence-corrected chi connectivity index (χ0v) is 12.8. The van der Waals surface area contributed by atoms with E-state index in [-0.39, 0.29) is 5.91 Å². The fraction of sp³-hybridized carbons (Fsp3) is 0.375. The van der Waals surface area contributed by atoms with Gasteiger partial charge in [0.2, 0.25) is 5.91 Å². The van der Waals surface area contributed by atoms with Crippen molar-refractivity contribution in [3.63, 3.8) is 0 Å². The highest BCUT2D eigenvalue weighted by atomic mass is 16.5. The van der Waals surface area contributed by atoms with Gasteiger partial charge in [-0.05, 0) is 31.0 Å². The highest BCUT2D eigenvalue weighted by Gasteiger charge is 2.29. The Kier molecular flexibility index (Phi) is 3.85. The van der Waals surface area contributed by atoms with Crippen LogP contribution in [0.2, 0.25) is 0 Å². The third kappa shape index (κ3) is 2.69. The Hall–Kier alpha value is -2.34. The Balaban J connectivity index is 1.85. The van der Waals surface area contributed by atoms with Gasteiger partial charge in [-0.15, -0.1) is 0 Å². The van der Waals surface area contributed by atoms with Crippen LogP contribution in [0.25, 0.3) is 0 Å². The third-order valence-electron chi connectivity index (χ3n) is 3.83. The Morgan fingerprint density at radius 1 is 1.50 bits per heavy atom. The Bertz CT molecular complexity index is 682. The van der Waals surface area contributed by atoms with E-state index in [4.69, 9.17) is 10.5 Å². The number of benzene rings is 1. The Morgan fingerprint density at radius 3 is 3.05 bits per heavy atom. The van der Waals surface area contributed by atoms with Crippen molar-refractivity contribution in [1.82, 2.24) is 9.97 Å². The molecule has 1 aromatic carbocycles. The van der Waals surface area contributed by atoms with Crippen LogP contribution in [0, 0.1) is 13.8 Å². The molecule has 1 aliphatic heterocycles. The van der Waals surface area contributed by atoms with Crippen molar-refractivity contribution < 1.29 is 9.53 Å². The number of anilines is 1. The van der Waals surface area contributed by atoms with Gasteiger partial charge in [-0.2, -0.15) is 0 Å². The Labute approximate surface area is 129 Å². The molecule has 3 rings (SSSR count). The second-order valence-corrected chi connectivity index (χ2v) is 5.66. The van der Waals surface area contributed by atoms with E-state index in [0.29, 0.717) is 19.6 Å². The number of nitrogens with zero attached hydrogens (tertiary/aromatic N) is 2. The average Bonchev–Trinajstić information content (AvgIpc) is 2.98. The number of aromatic nitrogens is 2. The molecule has 1 atom stereocenters. The predicted molar refractivity (Wildman–Crippen MR) is 84.0 cm³/mol. The van der Waals surface area contributed by atoms with Crippen LogP contribution < -0.4 is 15.4 Å². The molecule has 0 unspecified atom stereocenters. The van der Waals surface area contributed by atoms with Crippen LogP contribution in [0.5, 0.6) is 5.75 Å². The van der Waals surface area contributed by atoms with Gasteiger partial charge in [-0.3, -0.25) is 4.79 Å². The van der Waals surface area contributed by atoms with Crippen molar-refractivity contribution in [2.75, 3.05) is 18.1 Å². The van der Waals surface area contributed by atoms with Crippen LogP contribution in [-0.4, -0.2) is 35.1 Å². The number of carbonyl (C=O) groups excluding carboxylic acids is 1. The van der Waals surface area contributed by atoms with E-state index in [1.165, 1.54) is 0 Å². The van der Waals surface area contributed by atoms with Crippen LogP contribution in [0.1, 0.15) is 16.8 Å². The summed E-state index contributed by atoms with van der Waals surface area (Å²) in [5.74, 6) is 0.683. The van der Waals surface area contributed by atoms with E-state index in [9.17, 15) is 4.79 Å². The van der Waals surface area contributed by atoms with Gasteiger partial charge in [-0.1, -0.05) is 6.07 Å². The summed E-state index contributed by atoms with van der Waals surface area (Å²) in [6.45, 7) is 5.00. The maximum Gasteiger partial charge on any atom is 0.244 e. The monoisotopic (exact) mass is 300 g/mol. The number of nitrogens with one attached hydrogen (secondary N) is 1. The topological polar surface area (TPSA) is 84.2 Å². The molecule has 0 aliphatic carbocycles. The van der Waals surface area contributed by atoms with Crippen molar-refractivity contribution >= 4 is 11.6 Å². The van der Waals surface area contributed by atoms with Crippen molar-refractivity contribution in [3.05, 3.63) is 41.5 Å². The summed E-state index contributed by atoms with van der Waals surface area (Å²) in [6, 6.07) is 3.42. The molecule has 0 radical (unpaired) electrons. The summed E-state index contributed by atoms with van der Waals surface area (Å²) in [5, 5.41) is 0. The maximum absolute atomic E-state index is 12.7. The fourth-order valence-electron chi connectivity index (χ4n) is 2.83. The van der Waals surface area contributed by atoms with Crippen molar-refractivity contribution in [1.29, 1.82) is 0 Å². The number of amides is 1. The van der Waals surface area contributed by atoms with Crippen LogP contribution in [-0.2, 0) is 11.2 Å². The molecule has 3 N–H and O–H groups in total. The summed E-state index contributed by atoms with van der Waals surface area (Å²) >= 11 is 0. The molecule has 0 fully saturated rings. The number of carbonyl (C=O) groups is 1. The number of fused-ring (bicyclic) bond motifs is 1. The first kappa shape index (κ1) is 14.6. The van der Waals surface area contributed by atoms with Gasteiger partial charge in [0, 0.05) is 18.3 Å². The second-order valence-electron chi connectivity index (χ2n) is 5.66. The van der Waals surface area contributed by atoms with E-state index in [1.54, 1.807) is 17.4 Å². The van der Waals surface area contributed by atoms with E-state index in [0.717, 1.165) is 28.3 Å². The summed E-state index contributed by atoms with van der Waals surface area (Å²) in [7, 11) is 0. The first-order valence-electron chi connectivity index (χ1n) is 7.34. The summed E-state index contributed by atoms with van der Waals surface area (Å²) < 4.78 is 5.72. The molecule has 1 aliphatic rings. The summed E-state index contributed by atoms with van der Waals surface area (Å²) in [4.78, 5) is 21.4. The van der Waals surface area contributed by atoms with Crippen LogP contribution in [0.15, 0.2) is 24.7 Å². The van der Waals surface area contributed by atoms with Crippen molar-refractivity contribution in [2.24, 2.45) is 5.73 Å². The highest BCUT2D eigenvalue weighted by Crippen LogP contribution is 2.36. The molecule has 6 nitrogen and oxygen atoms in total. The van der Waals surface area contributed by atoms with Gasteiger partial charge in [-0.25, -0.2) is 4.98 Å². The molecule has 6 heteroatoms. The number of nitrogens with two attached hydrogens (primary N) is 1. The minimum Gasteiger partial charge on any atom is -0.489 e. The first-order chi connectivity index (χ1) is 10.6. The van der Waals surface area contributed by atoms with Gasteiger partial charge >= 0.3 is 0 Å². The number of rotatable bonds is 3. The lowest BCUT2D eigenvalue weighted by Crippen LogP contribution is -2.48. The zero-order valence-electron chi connectivity index (χ0n) is 12.8. The maximum atomic E-state index is 12.7. The lowest BCUT2D eigenvalue weighted by molar-refractivity contribution is -0.120. The number of imidazole rings is 1. The molecule has 116 valence electrons. The molecule has 0 bridgehead atoms. The van der Waals surface area contributed by atoms with E-state index in [2.05, 4.69) is 16.0 Å². The summed E-state index contributed by atoms with van der Waals surface area (Å²) in [6.07, 6.45) is 3.72. The average molecular weight is 300 g/mol. The van der Waals surface area contributed by atoms with Crippen molar-refractivity contribution in [3.8, 4) is 5.75 Å². The normalized spacial score (nSPS) is 15.1. The number of hydrogen-bond donors (Lipinski definition) is 2. The van der Waals surface area contributed by atoms with Gasteiger partial charge in [0.1, 0.15) is 12.4 Å². The molecule has 1 aromatic heterocycles. The standard InChI is InChI=1S/C16H20N4O2/c1-10-5-11(2)15-14(6-10)20(3-4-22-15)16(21)13(17)7-12-8-18-9-19-12/h5-6,8-9,13H,3-4,7,17H2,1-2H3,(H,18,19)/t13-/m0/s1. The second kappa shape index (κ2) is 5.81. The molecule has 22 heavy (non-hydrogen) atoms. The van der Waals surface area contributed by atoms with Gasteiger partial charge in [0.15, 0.2) is 0 Å². The largest absolute Gasteiger partial charge is 0.489 e. The number of ether oxygens (including phenoxy) is 1. The zero-order chi connectivity index (χ0) is 15.7. The van der Waals surface area contributed by atoms with E-state index in [1.807, 2.05) is 19.9 Å². The minimum absolute atomic E-state index is 0.0934. The molecule has 2 heterocycles. The number of aromatic amines is 1. The molecule has 1 amide bonds. The van der Waals surface area contributed by atoms with Gasteiger partial charge < -0.3 is 20.4 Å². The van der Waals surface area contributed by atoms with E-state index >= 15 is 0 Å². The van der Waals surface area contributed by atoms with Gasteiger partial charge in [0.05, 0.1) is 24.6 Å². The minimum atomic E-state index is -0.604. The number of H-pyrrole nitrogens is 1. The van der Waals surface area contributed by atoms with Crippen LogP contribution in [0.4, 0.5) is 5.69 Å². The molecule has 0 spiro atoms. The molecule has 0 saturated heterocycles. The molecular weight excluding hydrogens is 280 g/mol. The molecular formula is C16H20N4O2. The summed E-state index contributed by atoms with van der Waals surface area (Å²) in [5.41, 5.74) is 9.90. The number of hydrogen-bond acceptors (Lipinski definition) is 4. The lowest BCUT2D eigenvalue weighted by atomic mass is 10.1. The van der Waals surface area contributed by atoms with Crippen LogP contribution >= 0.6 is 0 Å². The van der Waals surface area contributed by atoms with Gasteiger partial charge in [0.25, 0.3) is 0 Å². The molecule has 0 saturated carbocycles. The first-order valence-corrected chi connectivity index (χ1v) is 7.34. The third-order valence-corrected chi connectivity index (χ3v) is 3.83. The number of aryl methyl sites for hydroxylation is 2. The SMILES string of the molecule is Cc1cc(C)c2c(c1)N(C(=O)[C@@H](N)Cc1cnc[nH]1)CCO2. The Morgan fingerprint density at radius 2 is 2.32 bits per heavy atom. The smallest absolute Gasteiger partial charge is 0.244 e. The van der Waals surface area contributed by atoms with E-state index < -0.39 is 6.04 Å². The van der Waals surface area contributed by atoms with Crippen molar-refractivity contribution in [2.45, 2.75) is 26.3 Å². The highest BCUT2D eigenvalue weighted by molar-refractivity contribution is 5.99.